The lowest BCUT2D eigenvalue weighted by atomic mass is 10.2. The van der Waals surface area contributed by atoms with E-state index in [1.54, 1.807) is 0 Å². The summed E-state index contributed by atoms with van der Waals surface area (Å²) in [6.45, 7) is 1.10. The SMILES string of the molecule is Br.Br.C[N+](C)(C)Cc1ccccc1. The predicted octanol–water partition coefficient (Wildman–Crippen LogP) is 3.05. The van der Waals surface area contributed by atoms with Crippen LogP contribution in [0, 0.1) is 0 Å². The molecule has 13 heavy (non-hydrogen) atoms. The van der Waals surface area contributed by atoms with Crippen molar-refractivity contribution < 1.29 is 4.48 Å². The molecule has 0 fully saturated rings. The Morgan fingerprint density at radius 3 is 1.77 bits per heavy atom. The smallest absolute Gasteiger partial charge is 0.104 e. The number of benzene rings is 1. The lowest BCUT2D eigenvalue weighted by molar-refractivity contribution is -0.884. The van der Waals surface area contributed by atoms with Crippen LogP contribution in [-0.4, -0.2) is 25.6 Å². The fourth-order valence-electron chi connectivity index (χ4n) is 1.13. The van der Waals surface area contributed by atoms with Crippen LogP contribution in [0.25, 0.3) is 0 Å². The maximum Gasteiger partial charge on any atom is 0.104 e. The van der Waals surface area contributed by atoms with Gasteiger partial charge in [-0.15, -0.1) is 34.0 Å². The quantitative estimate of drug-likeness (QED) is 0.737. The topological polar surface area (TPSA) is 0 Å². The molecule has 0 radical (unpaired) electrons. The van der Waals surface area contributed by atoms with Gasteiger partial charge >= 0.3 is 0 Å². The van der Waals surface area contributed by atoms with E-state index >= 15 is 0 Å². The standard InChI is InChI=1S/C10H16N.2BrH/c1-11(2,3)9-10-7-5-4-6-8-10;;/h4-8H,9H2,1-3H3;2*1H/q+1;;. The monoisotopic (exact) mass is 310 g/mol. The highest BCUT2D eigenvalue weighted by molar-refractivity contribution is 8.93. The summed E-state index contributed by atoms with van der Waals surface area (Å²) in [5.41, 5.74) is 1.40. The molecule has 1 aromatic carbocycles. The van der Waals surface area contributed by atoms with Crippen molar-refractivity contribution in [3.63, 3.8) is 0 Å². The molecule has 0 amide bonds. The molecule has 0 bridgehead atoms. The summed E-state index contributed by atoms with van der Waals surface area (Å²) in [6.07, 6.45) is 0. The molecule has 1 rings (SSSR count). The van der Waals surface area contributed by atoms with Crippen LogP contribution in [0.15, 0.2) is 30.3 Å². The van der Waals surface area contributed by atoms with E-state index in [0.717, 1.165) is 11.0 Å². The second-order valence-corrected chi connectivity index (χ2v) is 3.93. The van der Waals surface area contributed by atoms with E-state index < -0.39 is 0 Å². The number of hydrogen-bond donors (Lipinski definition) is 0. The first-order valence-electron chi connectivity index (χ1n) is 3.92. The molecule has 76 valence electrons. The molecule has 0 heterocycles. The maximum absolute atomic E-state index is 2.20. The molecule has 3 heteroatoms. The minimum absolute atomic E-state index is 0. The Morgan fingerprint density at radius 1 is 0.923 bits per heavy atom. The number of rotatable bonds is 2. The summed E-state index contributed by atoms with van der Waals surface area (Å²) in [7, 11) is 6.60. The third-order valence-electron chi connectivity index (χ3n) is 1.50. The van der Waals surface area contributed by atoms with Crippen LogP contribution in [0.5, 0.6) is 0 Å². The van der Waals surface area contributed by atoms with Crippen molar-refractivity contribution in [2.24, 2.45) is 0 Å². The second kappa shape index (κ2) is 6.57. The van der Waals surface area contributed by atoms with Gasteiger partial charge in [-0.05, 0) is 0 Å². The zero-order valence-electron chi connectivity index (χ0n) is 8.36. The van der Waals surface area contributed by atoms with E-state index in [-0.39, 0.29) is 34.0 Å². The van der Waals surface area contributed by atoms with E-state index in [2.05, 4.69) is 51.5 Å². The van der Waals surface area contributed by atoms with Gasteiger partial charge in [0.25, 0.3) is 0 Å². The normalized spacial score (nSPS) is 9.77. The molecule has 1 nitrogen and oxygen atoms in total. The average molecular weight is 312 g/mol. The summed E-state index contributed by atoms with van der Waals surface area (Å²) >= 11 is 0. The van der Waals surface area contributed by atoms with Crippen molar-refractivity contribution in [2.45, 2.75) is 6.54 Å². The van der Waals surface area contributed by atoms with Crippen molar-refractivity contribution in [1.29, 1.82) is 0 Å². The van der Waals surface area contributed by atoms with Crippen LogP contribution in [0.3, 0.4) is 0 Å². The fourth-order valence-corrected chi connectivity index (χ4v) is 1.13. The minimum Gasteiger partial charge on any atom is -0.327 e. The summed E-state index contributed by atoms with van der Waals surface area (Å²) in [5, 5.41) is 0. The van der Waals surface area contributed by atoms with Crippen molar-refractivity contribution in [2.75, 3.05) is 21.1 Å². The Labute approximate surface area is 102 Å². The van der Waals surface area contributed by atoms with Gasteiger partial charge < -0.3 is 4.48 Å². The van der Waals surface area contributed by atoms with E-state index in [1.807, 2.05) is 0 Å². The number of quaternary nitrogens is 1. The Hall–Kier alpha value is 0.140. The van der Waals surface area contributed by atoms with Crippen LogP contribution >= 0.6 is 34.0 Å². The molecule has 0 N–H and O–H groups in total. The van der Waals surface area contributed by atoms with Crippen LogP contribution in [0.2, 0.25) is 0 Å². The average Bonchev–Trinajstić information content (AvgIpc) is 1.85. The predicted molar refractivity (Wildman–Crippen MR) is 68.8 cm³/mol. The first-order chi connectivity index (χ1) is 5.08. The van der Waals surface area contributed by atoms with Crippen LogP contribution < -0.4 is 0 Å². The summed E-state index contributed by atoms with van der Waals surface area (Å²) in [6, 6.07) is 10.6. The molecule has 0 spiro atoms. The summed E-state index contributed by atoms with van der Waals surface area (Å²) in [4.78, 5) is 0. The molecule has 0 unspecified atom stereocenters. The number of halogens is 2. The van der Waals surface area contributed by atoms with Gasteiger partial charge in [-0.25, -0.2) is 0 Å². The van der Waals surface area contributed by atoms with E-state index in [0.29, 0.717) is 0 Å². The third-order valence-corrected chi connectivity index (χ3v) is 1.50. The van der Waals surface area contributed by atoms with Gasteiger partial charge in [0, 0.05) is 5.56 Å². The lowest BCUT2D eigenvalue weighted by Crippen LogP contribution is -2.33. The van der Waals surface area contributed by atoms with Crippen molar-refractivity contribution in [3.05, 3.63) is 35.9 Å². The van der Waals surface area contributed by atoms with Crippen molar-refractivity contribution in [3.8, 4) is 0 Å². The molecule has 0 saturated heterocycles. The highest BCUT2D eigenvalue weighted by Gasteiger charge is 2.06. The molecule has 0 aliphatic rings. The lowest BCUT2D eigenvalue weighted by Gasteiger charge is -2.23. The Balaban J connectivity index is 0. The summed E-state index contributed by atoms with van der Waals surface area (Å²) < 4.78 is 0.990. The Bertz CT molecular complexity index is 216. The summed E-state index contributed by atoms with van der Waals surface area (Å²) in [5.74, 6) is 0. The first-order valence-corrected chi connectivity index (χ1v) is 3.92. The van der Waals surface area contributed by atoms with Gasteiger partial charge in [-0.3, -0.25) is 0 Å². The first kappa shape index (κ1) is 15.6. The molecular weight excluding hydrogens is 294 g/mol. The van der Waals surface area contributed by atoms with Gasteiger partial charge in [0.15, 0.2) is 0 Å². The second-order valence-electron chi connectivity index (χ2n) is 3.93. The number of nitrogens with zero attached hydrogens (tertiary/aromatic N) is 1. The van der Waals surface area contributed by atoms with Crippen LogP contribution in [0.1, 0.15) is 5.56 Å². The third kappa shape index (κ3) is 7.23. The van der Waals surface area contributed by atoms with Gasteiger partial charge in [0.2, 0.25) is 0 Å². The zero-order chi connectivity index (χ0) is 8.32. The fraction of sp³-hybridized carbons (Fsp3) is 0.400. The van der Waals surface area contributed by atoms with Crippen LogP contribution in [0.4, 0.5) is 0 Å². The number of hydrogen-bond acceptors (Lipinski definition) is 0. The highest BCUT2D eigenvalue weighted by atomic mass is 79.9. The van der Waals surface area contributed by atoms with Gasteiger partial charge in [0.05, 0.1) is 21.1 Å². The highest BCUT2D eigenvalue weighted by Crippen LogP contribution is 2.04. The molecule has 0 saturated carbocycles. The van der Waals surface area contributed by atoms with Gasteiger partial charge in [-0.1, -0.05) is 30.3 Å². The molecule has 0 atom stereocenters. The molecule has 0 aliphatic heterocycles. The van der Waals surface area contributed by atoms with Crippen molar-refractivity contribution in [1.82, 2.24) is 0 Å². The Kier molecular flexibility index (Phi) is 7.89. The van der Waals surface area contributed by atoms with E-state index in [4.69, 9.17) is 0 Å². The molecule has 1 aromatic rings. The Morgan fingerprint density at radius 2 is 1.38 bits per heavy atom. The molecular formula is C10H18Br2N+. The van der Waals surface area contributed by atoms with E-state index in [9.17, 15) is 0 Å². The molecule has 0 aromatic heterocycles. The van der Waals surface area contributed by atoms with Crippen LogP contribution in [-0.2, 0) is 6.54 Å². The molecule has 0 aliphatic carbocycles. The van der Waals surface area contributed by atoms with E-state index in [1.165, 1.54) is 5.56 Å². The minimum atomic E-state index is 0. The van der Waals surface area contributed by atoms with Gasteiger partial charge in [0.1, 0.15) is 6.54 Å². The zero-order valence-corrected chi connectivity index (χ0v) is 11.8. The van der Waals surface area contributed by atoms with Gasteiger partial charge in [-0.2, -0.15) is 0 Å². The maximum atomic E-state index is 2.20. The largest absolute Gasteiger partial charge is 0.327 e. The van der Waals surface area contributed by atoms with Crippen molar-refractivity contribution >= 4 is 34.0 Å².